The Balaban J connectivity index is 0.00000450. The first-order valence-electron chi connectivity index (χ1n) is 9.89. The van der Waals surface area contributed by atoms with Crippen molar-refractivity contribution in [3.05, 3.63) is 66.2 Å². The summed E-state index contributed by atoms with van der Waals surface area (Å²) in [5.41, 5.74) is 1.30. The fourth-order valence-corrected chi connectivity index (χ4v) is 4.10. The molecule has 0 saturated carbocycles. The largest absolute Gasteiger partial charge is 0.356 e. The lowest BCUT2D eigenvalue weighted by molar-refractivity contribution is 0.238. The van der Waals surface area contributed by atoms with Gasteiger partial charge in [-0.3, -0.25) is 9.89 Å². The maximum absolute atomic E-state index is 12.3. The van der Waals surface area contributed by atoms with E-state index in [2.05, 4.69) is 58.8 Å². The first-order chi connectivity index (χ1) is 13.9. The number of rotatable bonds is 10. The van der Waals surface area contributed by atoms with Gasteiger partial charge in [0, 0.05) is 32.7 Å². The average molecular weight is 545 g/mol. The van der Waals surface area contributed by atoms with Gasteiger partial charge in [-0.2, -0.15) is 0 Å². The summed E-state index contributed by atoms with van der Waals surface area (Å²) in [5.74, 6) is 0.639. The van der Waals surface area contributed by atoms with Crippen LogP contribution in [-0.4, -0.2) is 58.3 Å². The fourth-order valence-electron chi connectivity index (χ4n) is 2.92. The zero-order chi connectivity index (χ0) is 21.1. The maximum Gasteiger partial charge on any atom is 0.191 e. The lowest BCUT2D eigenvalue weighted by atomic mass is 10.1. The van der Waals surface area contributed by atoms with Crippen LogP contribution in [0.1, 0.15) is 18.9 Å². The molecule has 1 unspecified atom stereocenters. The van der Waals surface area contributed by atoms with Crippen molar-refractivity contribution in [2.75, 3.05) is 32.9 Å². The minimum absolute atomic E-state index is 0. The van der Waals surface area contributed by atoms with Crippen molar-refractivity contribution in [3.8, 4) is 0 Å². The highest BCUT2D eigenvalue weighted by atomic mass is 127. The molecular weight excluding hydrogens is 511 g/mol. The molecule has 0 fully saturated rings. The van der Waals surface area contributed by atoms with Gasteiger partial charge in [-0.15, -0.1) is 24.0 Å². The van der Waals surface area contributed by atoms with Crippen LogP contribution in [0.3, 0.4) is 0 Å². The molecular formula is C22H33IN4O2S. The van der Waals surface area contributed by atoms with Crippen molar-refractivity contribution in [2.24, 2.45) is 4.99 Å². The van der Waals surface area contributed by atoms with Crippen molar-refractivity contribution in [2.45, 2.75) is 30.8 Å². The minimum atomic E-state index is -3.29. The normalized spacial score (nSPS) is 12.9. The molecule has 0 aromatic heterocycles. The predicted molar refractivity (Wildman–Crippen MR) is 135 cm³/mol. The monoisotopic (exact) mass is 544 g/mol. The number of aliphatic imine (C=N–C) groups is 1. The highest BCUT2D eigenvalue weighted by Gasteiger charge is 2.14. The van der Waals surface area contributed by atoms with Crippen molar-refractivity contribution < 1.29 is 8.42 Å². The van der Waals surface area contributed by atoms with Crippen LogP contribution >= 0.6 is 24.0 Å². The summed E-state index contributed by atoms with van der Waals surface area (Å²) in [5, 5.41) is 6.35. The summed E-state index contributed by atoms with van der Waals surface area (Å²) in [6.07, 6.45) is 0.951. The van der Waals surface area contributed by atoms with Gasteiger partial charge in [0.05, 0.1) is 10.6 Å². The highest BCUT2D eigenvalue weighted by molar-refractivity contribution is 14.0. The minimum Gasteiger partial charge on any atom is -0.356 e. The summed E-state index contributed by atoms with van der Waals surface area (Å²) in [4.78, 5) is 6.84. The Labute approximate surface area is 198 Å². The lowest BCUT2D eigenvalue weighted by Crippen LogP contribution is -2.41. The second-order valence-corrected chi connectivity index (χ2v) is 9.21. The molecule has 30 heavy (non-hydrogen) atoms. The Kier molecular flexibility index (Phi) is 12.0. The average Bonchev–Trinajstić information content (AvgIpc) is 2.73. The number of benzene rings is 2. The summed E-state index contributed by atoms with van der Waals surface area (Å²) in [6, 6.07) is 19.3. The molecule has 0 heterocycles. The molecule has 166 valence electrons. The summed E-state index contributed by atoms with van der Waals surface area (Å²) >= 11 is 0. The maximum atomic E-state index is 12.3. The van der Waals surface area contributed by atoms with E-state index < -0.39 is 9.84 Å². The Bertz CT molecular complexity index is 861. The first kappa shape index (κ1) is 26.4. The van der Waals surface area contributed by atoms with E-state index in [1.54, 1.807) is 37.4 Å². The van der Waals surface area contributed by atoms with Gasteiger partial charge in [-0.1, -0.05) is 48.5 Å². The van der Waals surface area contributed by atoms with Crippen LogP contribution in [-0.2, 0) is 16.4 Å². The molecule has 0 aliphatic carbocycles. The van der Waals surface area contributed by atoms with Crippen LogP contribution in [0, 0.1) is 0 Å². The Hall–Kier alpha value is -1.65. The molecule has 0 spiro atoms. The molecule has 2 aromatic rings. The zero-order valence-corrected chi connectivity index (χ0v) is 21.1. The van der Waals surface area contributed by atoms with E-state index in [4.69, 9.17) is 0 Å². The molecule has 8 heteroatoms. The number of halogens is 1. The number of hydrogen-bond donors (Lipinski definition) is 2. The molecule has 0 bridgehead atoms. The number of nitrogens with zero attached hydrogens (tertiary/aromatic N) is 2. The fraction of sp³-hybridized carbons (Fsp3) is 0.409. The van der Waals surface area contributed by atoms with Crippen molar-refractivity contribution in [3.63, 3.8) is 0 Å². The Morgan fingerprint density at radius 2 is 1.57 bits per heavy atom. The molecule has 2 aromatic carbocycles. The van der Waals surface area contributed by atoms with Crippen molar-refractivity contribution >= 4 is 39.8 Å². The molecule has 0 saturated heterocycles. The number of guanidine groups is 1. The van der Waals surface area contributed by atoms with E-state index in [1.807, 2.05) is 6.07 Å². The van der Waals surface area contributed by atoms with E-state index in [0.29, 0.717) is 23.4 Å². The van der Waals surface area contributed by atoms with E-state index in [1.165, 1.54) is 5.56 Å². The van der Waals surface area contributed by atoms with Crippen LogP contribution in [0.5, 0.6) is 0 Å². The van der Waals surface area contributed by atoms with E-state index in [-0.39, 0.29) is 29.7 Å². The second kappa shape index (κ2) is 13.6. The molecule has 0 aliphatic heterocycles. The van der Waals surface area contributed by atoms with Crippen LogP contribution in [0.4, 0.5) is 0 Å². The van der Waals surface area contributed by atoms with E-state index >= 15 is 0 Å². The van der Waals surface area contributed by atoms with Crippen LogP contribution < -0.4 is 10.6 Å². The van der Waals surface area contributed by atoms with Gasteiger partial charge in [0.2, 0.25) is 0 Å². The van der Waals surface area contributed by atoms with Gasteiger partial charge >= 0.3 is 0 Å². The van der Waals surface area contributed by atoms with Crippen LogP contribution in [0.15, 0.2) is 70.6 Å². The number of nitrogens with one attached hydrogen (secondary N) is 2. The van der Waals surface area contributed by atoms with Crippen molar-refractivity contribution in [1.82, 2.24) is 15.5 Å². The Morgan fingerprint density at radius 3 is 2.17 bits per heavy atom. The molecule has 0 amide bonds. The summed E-state index contributed by atoms with van der Waals surface area (Å²) < 4.78 is 24.6. The van der Waals surface area contributed by atoms with Gasteiger partial charge in [-0.05, 0) is 38.1 Å². The van der Waals surface area contributed by atoms with Gasteiger partial charge in [-0.25, -0.2) is 8.42 Å². The topological polar surface area (TPSA) is 73.8 Å². The molecule has 2 N–H and O–H groups in total. The second-order valence-electron chi connectivity index (χ2n) is 7.10. The quantitative estimate of drug-likeness (QED) is 0.273. The summed E-state index contributed by atoms with van der Waals surface area (Å²) in [6.45, 7) is 4.17. The zero-order valence-electron chi connectivity index (χ0n) is 17.9. The van der Waals surface area contributed by atoms with E-state index in [9.17, 15) is 8.42 Å². The first-order valence-corrected chi connectivity index (χ1v) is 11.5. The molecule has 2 rings (SSSR count). The van der Waals surface area contributed by atoms with Gasteiger partial charge in [0.15, 0.2) is 15.8 Å². The van der Waals surface area contributed by atoms with Crippen LogP contribution in [0.25, 0.3) is 0 Å². The van der Waals surface area contributed by atoms with Crippen LogP contribution in [0.2, 0.25) is 0 Å². The highest BCUT2D eigenvalue weighted by Crippen LogP contribution is 2.09. The summed E-state index contributed by atoms with van der Waals surface area (Å²) in [7, 11) is 0.520. The standard InChI is InChI=1S/C22H32N4O2S.HI/c1-19(26(3)18-20-10-6-4-7-11-20)14-15-24-22(23-2)25-16-17-29(27,28)21-12-8-5-9-13-21;/h4-13,19H,14-18H2,1-3H3,(H2,23,24,25);1H. The molecule has 1 atom stereocenters. The number of sulfone groups is 1. The van der Waals surface area contributed by atoms with Gasteiger partial charge < -0.3 is 10.6 Å². The third-order valence-corrected chi connectivity index (χ3v) is 6.60. The van der Waals surface area contributed by atoms with Crippen molar-refractivity contribution in [1.29, 1.82) is 0 Å². The Morgan fingerprint density at radius 1 is 1.00 bits per heavy atom. The third-order valence-electron chi connectivity index (χ3n) is 4.87. The molecule has 0 aliphatic rings. The SMILES string of the molecule is CN=C(NCCC(C)N(C)Cc1ccccc1)NCCS(=O)(=O)c1ccccc1.I. The smallest absolute Gasteiger partial charge is 0.191 e. The predicted octanol–water partition coefficient (Wildman–Crippen LogP) is 3.15. The molecule has 0 radical (unpaired) electrons. The number of hydrogen-bond acceptors (Lipinski definition) is 4. The van der Waals surface area contributed by atoms with Gasteiger partial charge in [0.1, 0.15) is 0 Å². The third kappa shape index (κ3) is 9.01. The van der Waals surface area contributed by atoms with Gasteiger partial charge in [0.25, 0.3) is 0 Å². The molecule has 6 nitrogen and oxygen atoms in total. The van der Waals surface area contributed by atoms with E-state index in [0.717, 1.165) is 19.5 Å². The lowest BCUT2D eigenvalue weighted by Gasteiger charge is -2.25.